The molecule has 1 heterocycles. The van der Waals surface area contributed by atoms with Crippen molar-refractivity contribution in [1.29, 1.82) is 0 Å². The molecule has 0 saturated heterocycles. The lowest BCUT2D eigenvalue weighted by Gasteiger charge is -2.17. The van der Waals surface area contributed by atoms with Crippen molar-refractivity contribution in [3.8, 4) is 0 Å². The molecule has 1 aromatic carbocycles. The second-order valence-electron chi connectivity index (χ2n) is 6.14. The van der Waals surface area contributed by atoms with Gasteiger partial charge in [-0.15, -0.1) is 24.0 Å². The van der Waals surface area contributed by atoms with E-state index < -0.39 is 0 Å². The minimum atomic E-state index is 0. The Balaban J connectivity index is 0.00000338. The van der Waals surface area contributed by atoms with Gasteiger partial charge in [0.2, 0.25) is 0 Å². The van der Waals surface area contributed by atoms with Crippen molar-refractivity contribution in [2.45, 2.75) is 39.9 Å². The molecule has 0 aliphatic heterocycles. The third-order valence-electron chi connectivity index (χ3n) is 3.86. The van der Waals surface area contributed by atoms with Gasteiger partial charge in [-0.05, 0) is 43.7 Å². The highest BCUT2D eigenvalue weighted by Gasteiger charge is 2.07. The Bertz CT molecular complexity index is 643. The van der Waals surface area contributed by atoms with Gasteiger partial charge in [-0.1, -0.05) is 31.2 Å². The van der Waals surface area contributed by atoms with Crippen LogP contribution in [-0.4, -0.2) is 31.0 Å². The predicted octanol–water partition coefficient (Wildman–Crippen LogP) is 3.99. The van der Waals surface area contributed by atoms with E-state index in [1.54, 1.807) is 6.26 Å². The molecule has 1 aromatic heterocycles. The summed E-state index contributed by atoms with van der Waals surface area (Å²) in [5.74, 6) is 1.86. The van der Waals surface area contributed by atoms with Crippen molar-refractivity contribution in [1.82, 2.24) is 15.5 Å². The largest absolute Gasteiger partial charge is 0.468 e. The zero-order valence-corrected chi connectivity index (χ0v) is 18.3. The van der Waals surface area contributed by atoms with Crippen LogP contribution in [0.5, 0.6) is 0 Å². The molecule has 26 heavy (non-hydrogen) atoms. The Hall–Kier alpha value is -1.54. The summed E-state index contributed by atoms with van der Waals surface area (Å²) in [6, 6.07) is 12.4. The Labute approximate surface area is 174 Å². The van der Waals surface area contributed by atoms with Crippen LogP contribution < -0.4 is 10.6 Å². The van der Waals surface area contributed by atoms with Crippen LogP contribution in [-0.2, 0) is 19.6 Å². The molecule has 0 bridgehead atoms. The van der Waals surface area contributed by atoms with Crippen LogP contribution in [0.1, 0.15) is 37.2 Å². The van der Waals surface area contributed by atoms with Crippen molar-refractivity contribution < 1.29 is 4.42 Å². The number of rotatable bonds is 9. The van der Waals surface area contributed by atoms with Gasteiger partial charge in [-0.3, -0.25) is 4.90 Å². The quantitative estimate of drug-likeness (QED) is 0.331. The minimum absolute atomic E-state index is 0. The Morgan fingerprint density at radius 1 is 1.04 bits per heavy atom. The van der Waals surface area contributed by atoms with E-state index in [1.807, 2.05) is 12.1 Å². The molecule has 2 aromatic rings. The first kappa shape index (κ1) is 22.5. The smallest absolute Gasteiger partial charge is 0.191 e. The van der Waals surface area contributed by atoms with Crippen molar-refractivity contribution in [2.24, 2.45) is 4.99 Å². The number of nitrogens with one attached hydrogen (secondary N) is 2. The second-order valence-corrected chi connectivity index (χ2v) is 6.14. The summed E-state index contributed by atoms with van der Waals surface area (Å²) in [4.78, 5) is 6.97. The van der Waals surface area contributed by atoms with E-state index in [9.17, 15) is 0 Å². The van der Waals surface area contributed by atoms with Gasteiger partial charge in [0.15, 0.2) is 5.96 Å². The molecule has 6 heteroatoms. The standard InChI is InChI=1S/C20H30N4O.HI/c1-4-12-22-20(21-5-2)23-14-17-9-6-7-10-18(17)15-24(3)16-19-11-8-13-25-19;/h6-11,13H,4-5,12,14-16H2,1-3H3,(H2,21,22,23);1H. The maximum atomic E-state index is 5.44. The number of hydrogen-bond acceptors (Lipinski definition) is 3. The predicted molar refractivity (Wildman–Crippen MR) is 119 cm³/mol. The minimum Gasteiger partial charge on any atom is -0.468 e. The average molecular weight is 470 g/mol. The first-order valence-corrected chi connectivity index (χ1v) is 9.02. The molecule has 0 unspecified atom stereocenters. The fourth-order valence-electron chi connectivity index (χ4n) is 2.63. The van der Waals surface area contributed by atoms with Gasteiger partial charge in [-0.2, -0.15) is 0 Å². The Morgan fingerprint density at radius 2 is 1.81 bits per heavy atom. The van der Waals surface area contributed by atoms with Crippen LogP contribution >= 0.6 is 24.0 Å². The van der Waals surface area contributed by atoms with Crippen LogP contribution in [0, 0.1) is 0 Å². The maximum Gasteiger partial charge on any atom is 0.191 e. The van der Waals surface area contributed by atoms with E-state index in [2.05, 4.69) is 60.7 Å². The lowest BCUT2D eigenvalue weighted by atomic mass is 10.1. The molecule has 2 rings (SSSR count). The normalized spacial score (nSPS) is 11.3. The molecular formula is C20H31IN4O. The monoisotopic (exact) mass is 470 g/mol. The lowest BCUT2D eigenvalue weighted by Crippen LogP contribution is -2.37. The lowest BCUT2D eigenvalue weighted by molar-refractivity contribution is 0.287. The Morgan fingerprint density at radius 3 is 2.46 bits per heavy atom. The molecule has 0 fully saturated rings. The third kappa shape index (κ3) is 7.78. The molecule has 0 aliphatic rings. The summed E-state index contributed by atoms with van der Waals surface area (Å²) in [7, 11) is 2.11. The van der Waals surface area contributed by atoms with Crippen LogP contribution in [0.3, 0.4) is 0 Å². The fraction of sp³-hybridized carbons (Fsp3) is 0.450. The fourth-order valence-corrected chi connectivity index (χ4v) is 2.63. The molecule has 2 N–H and O–H groups in total. The molecule has 0 radical (unpaired) electrons. The van der Waals surface area contributed by atoms with Gasteiger partial charge in [0, 0.05) is 19.6 Å². The van der Waals surface area contributed by atoms with E-state index in [1.165, 1.54) is 11.1 Å². The van der Waals surface area contributed by atoms with E-state index in [0.717, 1.165) is 44.3 Å². The number of nitrogens with zero attached hydrogens (tertiary/aromatic N) is 2. The number of benzene rings is 1. The SMILES string of the molecule is CCCNC(=NCc1ccccc1CN(C)Cc1ccco1)NCC.I. The topological polar surface area (TPSA) is 52.8 Å². The molecule has 5 nitrogen and oxygen atoms in total. The summed E-state index contributed by atoms with van der Waals surface area (Å²) in [5, 5.41) is 6.64. The van der Waals surface area contributed by atoms with Crippen LogP contribution in [0.4, 0.5) is 0 Å². The second kappa shape index (κ2) is 12.8. The summed E-state index contributed by atoms with van der Waals surface area (Å²) in [6.07, 6.45) is 2.80. The van der Waals surface area contributed by atoms with E-state index >= 15 is 0 Å². The number of furan rings is 1. The van der Waals surface area contributed by atoms with Crippen molar-refractivity contribution in [2.75, 3.05) is 20.1 Å². The zero-order valence-electron chi connectivity index (χ0n) is 16.0. The van der Waals surface area contributed by atoms with Crippen LogP contribution in [0.2, 0.25) is 0 Å². The van der Waals surface area contributed by atoms with Crippen LogP contribution in [0.25, 0.3) is 0 Å². The van der Waals surface area contributed by atoms with Gasteiger partial charge in [0.05, 0.1) is 19.4 Å². The number of hydrogen-bond donors (Lipinski definition) is 2. The van der Waals surface area contributed by atoms with Crippen molar-refractivity contribution in [3.63, 3.8) is 0 Å². The van der Waals surface area contributed by atoms with Gasteiger partial charge in [-0.25, -0.2) is 4.99 Å². The average Bonchev–Trinajstić information content (AvgIpc) is 3.11. The van der Waals surface area contributed by atoms with Crippen molar-refractivity contribution >= 4 is 29.9 Å². The van der Waals surface area contributed by atoms with Crippen molar-refractivity contribution in [3.05, 3.63) is 59.5 Å². The molecular weight excluding hydrogens is 439 g/mol. The molecule has 0 aliphatic carbocycles. The highest BCUT2D eigenvalue weighted by Crippen LogP contribution is 2.14. The summed E-state index contributed by atoms with van der Waals surface area (Å²) in [6.45, 7) is 8.37. The highest BCUT2D eigenvalue weighted by molar-refractivity contribution is 14.0. The zero-order chi connectivity index (χ0) is 17.9. The number of guanidine groups is 1. The summed E-state index contributed by atoms with van der Waals surface area (Å²) in [5.41, 5.74) is 2.55. The first-order valence-electron chi connectivity index (χ1n) is 9.02. The summed E-state index contributed by atoms with van der Waals surface area (Å²) < 4.78 is 5.44. The molecule has 0 amide bonds. The number of aliphatic imine (C=N–C) groups is 1. The van der Waals surface area contributed by atoms with Gasteiger partial charge < -0.3 is 15.1 Å². The third-order valence-corrected chi connectivity index (χ3v) is 3.86. The van der Waals surface area contributed by atoms with Gasteiger partial charge in [0.1, 0.15) is 5.76 Å². The van der Waals surface area contributed by atoms with Gasteiger partial charge >= 0.3 is 0 Å². The summed E-state index contributed by atoms with van der Waals surface area (Å²) >= 11 is 0. The van der Waals surface area contributed by atoms with E-state index in [4.69, 9.17) is 9.41 Å². The maximum absolute atomic E-state index is 5.44. The van der Waals surface area contributed by atoms with E-state index in [0.29, 0.717) is 6.54 Å². The molecule has 0 spiro atoms. The van der Waals surface area contributed by atoms with Crippen LogP contribution in [0.15, 0.2) is 52.1 Å². The number of halogens is 1. The van der Waals surface area contributed by atoms with Gasteiger partial charge in [0.25, 0.3) is 0 Å². The molecule has 0 atom stereocenters. The molecule has 0 saturated carbocycles. The van der Waals surface area contributed by atoms with E-state index in [-0.39, 0.29) is 24.0 Å². The Kier molecular flexibility index (Phi) is 11.0. The molecule has 144 valence electrons. The first-order chi connectivity index (χ1) is 12.2. The highest BCUT2D eigenvalue weighted by atomic mass is 127.